The van der Waals surface area contributed by atoms with Crippen molar-refractivity contribution in [1.29, 1.82) is 0 Å². The number of halogens is 1. The lowest BCUT2D eigenvalue weighted by molar-refractivity contribution is -0.137. The average Bonchev–Trinajstić information content (AvgIpc) is 2.98. The van der Waals surface area contributed by atoms with Crippen molar-refractivity contribution in [1.82, 2.24) is 14.5 Å². The maximum Gasteiger partial charge on any atom is 0.252 e. The molecular formula is C14H14ClN3O3. The van der Waals surface area contributed by atoms with Crippen LogP contribution < -0.4 is 4.74 Å². The van der Waals surface area contributed by atoms with Crippen LogP contribution in [-0.4, -0.2) is 40.4 Å². The normalized spacial score (nSPS) is 18.8. The van der Waals surface area contributed by atoms with Gasteiger partial charge in [-0.2, -0.15) is 0 Å². The Labute approximate surface area is 126 Å². The molecule has 7 heteroatoms. The first-order valence-corrected chi connectivity index (χ1v) is 7.01. The van der Waals surface area contributed by atoms with Crippen LogP contribution in [0.25, 0.3) is 11.0 Å². The van der Waals surface area contributed by atoms with Crippen LogP contribution in [0.1, 0.15) is 18.3 Å². The van der Waals surface area contributed by atoms with Crippen molar-refractivity contribution in [3.63, 3.8) is 0 Å². The molecule has 1 saturated heterocycles. The molecule has 0 spiro atoms. The summed E-state index contributed by atoms with van der Waals surface area (Å²) in [4.78, 5) is 29.6. The summed E-state index contributed by atoms with van der Waals surface area (Å²) in [7, 11) is 3.06. The lowest BCUT2D eigenvalue weighted by atomic mass is 10.2. The highest BCUT2D eigenvalue weighted by Gasteiger charge is 2.39. The SMILES string of the molecule is COc1ccc2nc(CCl)n(C3CC(=O)N(C)C3=O)c2c1. The Balaban J connectivity index is 2.20. The summed E-state index contributed by atoms with van der Waals surface area (Å²) in [6.07, 6.45) is 0.127. The van der Waals surface area contributed by atoms with E-state index in [1.165, 1.54) is 7.05 Å². The van der Waals surface area contributed by atoms with Gasteiger partial charge in [0.1, 0.15) is 17.6 Å². The number of hydrogen-bond donors (Lipinski definition) is 0. The van der Waals surface area contributed by atoms with E-state index in [2.05, 4.69) is 4.98 Å². The van der Waals surface area contributed by atoms with Gasteiger partial charge < -0.3 is 9.30 Å². The van der Waals surface area contributed by atoms with E-state index in [1.807, 2.05) is 6.07 Å². The molecule has 0 saturated carbocycles. The largest absolute Gasteiger partial charge is 0.497 e. The van der Waals surface area contributed by atoms with E-state index < -0.39 is 6.04 Å². The number of likely N-dealkylation sites (N-methyl/N-ethyl adjacent to an activating group) is 1. The third kappa shape index (κ3) is 2.06. The van der Waals surface area contributed by atoms with Crippen LogP contribution in [0.2, 0.25) is 0 Å². The number of rotatable bonds is 3. The van der Waals surface area contributed by atoms with Gasteiger partial charge in [0.15, 0.2) is 0 Å². The number of aromatic nitrogens is 2. The van der Waals surface area contributed by atoms with Gasteiger partial charge in [0.05, 0.1) is 30.4 Å². The number of carbonyl (C=O) groups is 2. The minimum atomic E-state index is -0.589. The number of benzene rings is 1. The fraction of sp³-hybridized carbons (Fsp3) is 0.357. The zero-order chi connectivity index (χ0) is 15.1. The average molecular weight is 308 g/mol. The molecule has 1 aromatic heterocycles. The molecule has 1 fully saturated rings. The Morgan fingerprint density at radius 3 is 2.76 bits per heavy atom. The van der Waals surface area contributed by atoms with Crippen LogP contribution in [0.5, 0.6) is 5.75 Å². The minimum absolute atomic E-state index is 0.127. The Kier molecular flexibility index (Phi) is 3.33. The molecule has 1 aliphatic rings. The van der Waals surface area contributed by atoms with Gasteiger partial charge in [0.25, 0.3) is 5.91 Å². The topological polar surface area (TPSA) is 64.4 Å². The van der Waals surface area contributed by atoms with Crippen LogP contribution in [0.15, 0.2) is 18.2 Å². The molecule has 1 unspecified atom stereocenters. The van der Waals surface area contributed by atoms with Crippen LogP contribution in [0, 0.1) is 0 Å². The maximum absolute atomic E-state index is 12.3. The molecule has 110 valence electrons. The number of imidazole rings is 1. The lowest BCUT2D eigenvalue weighted by Gasteiger charge is -2.14. The van der Waals surface area contributed by atoms with E-state index in [1.54, 1.807) is 23.8 Å². The van der Waals surface area contributed by atoms with Gasteiger partial charge in [-0.1, -0.05) is 0 Å². The minimum Gasteiger partial charge on any atom is -0.497 e. The number of alkyl halides is 1. The van der Waals surface area contributed by atoms with E-state index >= 15 is 0 Å². The third-order valence-electron chi connectivity index (χ3n) is 3.76. The zero-order valence-corrected chi connectivity index (χ0v) is 12.4. The van der Waals surface area contributed by atoms with Gasteiger partial charge in [-0.3, -0.25) is 14.5 Å². The Morgan fingerprint density at radius 1 is 1.43 bits per heavy atom. The molecule has 2 amide bonds. The Hall–Kier alpha value is -2.08. The smallest absolute Gasteiger partial charge is 0.252 e. The standard InChI is InChI=1S/C14H14ClN3O3/c1-17-13(19)6-11(14(17)20)18-10-5-8(21-2)3-4-9(10)16-12(18)7-15/h3-5,11H,6-7H2,1-2H3. The molecule has 2 heterocycles. The van der Waals surface area contributed by atoms with Gasteiger partial charge in [-0.25, -0.2) is 4.98 Å². The van der Waals surface area contributed by atoms with Gasteiger partial charge in [-0.15, -0.1) is 11.6 Å². The Morgan fingerprint density at radius 2 is 2.19 bits per heavy atom. The van der Waals surface area contributed by atoms with Gasteiger partial charge in [0.2, 0.25) is 5.91 Å². The molecule has 1 aromatic carbocycles. The predicted octanol–water partition coefficient (Wildman–Crippen LogP) is 1.71. The van der Waals surface area contributed by atoms with E-state index in [4.69, 9.17) is 16.3 Å². The second kappa shape index (κ2) is 5.04. The monoisotopic (exact) mass is 307 g/mol. The van der Waals surface area contributed by atoms with Crippen LogP contribution in [-0.2, 0) is 15.5 Å². The number of nitrogens with zero attached hydrogens (tertiary/aromatic N) is 3. The van der Waals surface area contributed by atoms with Crippen molar-refractivity contribution < 1.29 is 14.3 Å². The first-order chi connectivity index (χ1) is 10.1. The number of ether oxygens (including phenoxy) is 1. The van der Waals surface area contributed by atoms with Crippen molar-refractivity contribution in [3.05, 3.63) is 24.0 Å². The van der Waals surface area contributed by atoms with Crippen LogP contribution >= 0.6 is 11.6 Å². The summed E-state index contributed by atoms with van der Waals surface area (Å²) in [6.45, 7) is 0. The zero-order valence-electron chi connectivity index (χ0n) is 11.7. The first kappa shape index (κ1) is 13.9. The molecule has 0 aliphatic carbocycles. The van der Waals surface area contributed by atoms with Crippen LogP contribution in [0.3, 0.4) is 0 Å². The number of amides is 2. The summed E-state index contributed by atoms with van der Waals surface area (Å²) in [5, 5.41) is 0. The van der Waals surface area contributed by atoms with E-state index in [0.29, 0.717) is 11.6 Å². The second-order valence-corrected chi connectivity index (χ2v) is 5.16. The van der Waals surface area contributed by atoms with Gasteiger partial charge in [0, 0.05) is 13.1 Å². The summed E-state index contributed by atoms with van der Waals surface area (Å²) in [5.41, 5.74) is 1.47. The second-order valence-electron chi connectivity index (χ2n) is 4.90. The fourth-order valence-electron chi connectivity index (χ4n) is 2.63. The van der Waals surface area contributed by atoms with Gasteiger partial charge in [-0.05, 0) is 12.1 Å². The van der Waals surface area contributed by atoms with Crippen molar-refractivity contribution in [2.75, 3.05) is 14.2 Å². The third-order valence-corrected chi connectivity index (χ3v) is 4.00. The molecular weight excluding hydrogens is 294 g/mol. The number of hydrogen-bond acceptors (Lipinski definition) is 4. The number of carbonyl (C=O) groups excluding carboxylic acids is 2. The summed E-state index contributed by atoms with van der Waals surface area (Å²) in [6, 6.07) is 4.82. The number of fused-ring (bicyclic) bond motifs is 1. The number of imide groups is 1. The van der Waals surface area contributed by atoms with Crippen LogP contribution in [0.4, 0.5) is 0 Å². The molecule has 0 N–H and O–H groups in total. The van der Waals surface area contributed by atoms with Gasteiger partial charge >= 0.3 is 0 Å². The quantitative estimate of drug-likeness (QED) is 0.640. The van der Waals surface area contributed by atoms with E-state index in [9.17, 15) is 9.59 Å². The highest BCUT2D eigenvalue weighted by molar-refractivity contribution is 6.17. The molecule has 0 radical (unpaired) electrons. The summed E-state index contributed by atoms with van der Waals surface area (Å²) >= 11 is 5.95. The molecule has 0 bridgehead atoms. The molecule has 2 aromatic rings. The highest BCUT2D eigenvalue weighted by Crippen LogP contribution is 2.31. The highest BCUT2D eigenvalue weighted by atomic mass is 35.5. The Bertz CT molecular complexity index is 740. The fourth-order valence-corrected chi connectivity index (χ4v) is 2.82. The van der Waals surface area contributed by atoms with E-state index in [-0.39, 0.29) is 24.1 Å². The van der Waals surface area contributed by atoms with Crippen molar-refractivity contribution in [2.24, 2.45) is 0 Å². The van der Waals surface area contributed by atoms with Crippen molar-refractivity contribution in [2.45, 2.75) is 18.3 Å². The van der Waals surface area contributed by atoms with Crippen molar-refractivity contribution in [3.8, 4) is 5.75 Å². The molecule has 3 rings (SSSR count). The molecule has 21 heavy (non-hydrogen) atoms. The molecule has 1 atom stereocenters. The number of methoxy groups -OCH3 is 1. The summed E-state index contributed by atoms with van der Waals surface area (Å²) in [5.74, 6) is 0.957. The molecule has 6 nitrogen and oxygen atoms in total. The molecule has 1 aliphatic heterocycles. The van der Waals surface area contributed by atoms with Crippen molar-refractivity contribution >= 4 is 34.4 Å². The maximum atomic E-state index is 12.3. The predicted molar refractivity (Wildman–Crippen MR) is 77.3 cm³/mol. The summed E-state index contributed by atoms with van der Waals surface area (Å²) < 4.78 is 6.96. The van der Waals surface area contributed by atoms with E-state index in [0.717, 1.165) is 15.9 Å². The first-order valence-electron chi connectivity index (χ1n) is 6.48. The lowest BCUT2D eigenvalue weighted by Crippen LogP contribution is -2.27. The number of likely N-dealkylation sites (tertiary alicyclic amines) is 1.